The van der Waals surface area contributed by atoms with Crippen LogP contribution in [0.15, 0.2) is 52.2 Å². The third-order valence-electron chi connectivity index (χ3n) is 2.60. The third-order valence-corrected chi connectivity index (χ3v) is 2.60. The Hall–Kier alpha value is -2.92. The topological polar surface area (TPSA) is 89.4 Å². The Bertz CT molecular complexity index is 620. The van der Waals surface area contributed by atoms with Gasteiger partial charge in [-0.25, -0.2) is 14.6 Å². The van der Waals surface area contributed by atoms with Crippen molar-refractivity contribution >= 4 is 18.1 Å². The van der Waals surface area contributed by atoms with Gasteiger partial charge in [0.05, 0.1) is 18.8 Å². The van der Waals surface area contributed by atoms with E-state index in [9.17, 15) is 9.59 Å². The number of hydrogen-bond donors (Lipinski definition) is 1. The maximum absolute atomic E-state index is 11.8. The summed E-state index contributed by atoms with van der Waals surface area (Å²) in [5.41, 5.74) is 0.688. The highest BCUT2D eigenvalue weighted by atomic mass is 16.6. The van der Waals surface area contributed by atoms with E-state index in [2.05, 4.69) is 21.3 Å². The van der Waals surface area contributed by atoms with Crippen molar-refractivity contribution in [3.63, 3.8) is 0 Å². The highest BCUT2D eigenvalue weighted by Gasteiger charge is 2.14. The van der Waals surface area contributed by atoms with Crippen LogP contribution in [0, 0.1) is 0 Å². The molecule has 7 heteroatoms. The summed E-state index contributed by atoms with van der Waals surface area (Å²) in [6.45, 7) is 4.47. The number of nitrogens with zero attached hydrogens (tertiary/aromatic N) is 2. The fraction of sp³-hybridized carbons (Fsp3) is 0.353. The van der Waals surface area contributed by atoms with Crippen LogP contribution < -0.4 is 5.32 Å². The number of benzene rings is 1. The Kier molecular flexibility index (Phi) is 9.26. The lowest BCUT2D eigenvalue weighted by Crippen LogP contribution is -2.29. The first kappa shape index (κ1) is 19.1. The van der Waals surface area contributed by atoms with Gasteiger partial charge in [-0.3, -0.25) is 5.32 Å². The number of aliphatic imine (C=N–C) groups is 2. The van der Waals surface area contributed by atoms with Crippen molar-refractivity contribution in [1.29, 1.82) is 0 Å². The fourth-order valence-electron chi connectivity index (χ4n) is 1.51. The van der Waals surface area contributed by atoms with E-state index in [1.807, 2.05) is 37.3 Å². The van der Waals surface area contributed by atoms with Crippen molar-refractivity contribution in [2.45, 2.75) is 26.9 Å². The molecule has 0 bridgehead atoms. The fourth-order valence-corrected chi connectivity index (χ4v) is 1.51. The number of nitrogens with one attached hydrogen (secondary N) is 1. The molecule has 7 nitrogen and oxygen atoms in total. The van der Waals surface area contributed by atoms with Crippen LogP contribution in [0.5, 0.6) is 0 Å². The molecule has 0 atom stereocenters. The highest BCUT2D eigenvalue weighted by Crippen LogP contribution is 2.02. The van der Waals surface area contributed by atoms with Gasteiger partial charge in [0, 0.05) is 6.54 Å². The number of ether oxygens (including phenoxy) is 2. The second-order valence-corrected chi connectivity index (χ2v) is 4.56. The maximum Gasteiger partial charge on any atom is 0.412 e. The average molecular weight is 331 g/mol. The van der Waals surface area contributed by atoms with Crippen LogP contribution in [0.4, 0.5) is 4.79 Å². The molecule has 0 spiro atoms. The van der Waals surface area contributed by atoms with Gasteiger partial charge in [-0.05, 0) is 18.9 Å². The molecule has 0 aliphatic heterocycles. The predicted molar refractivity (Wildman–Crippen MR) is 89.5 cm³/mol. The van der Waals surface area contributed by atoms with E-state index in [1.54, 1.807) is 6.92 Å². The zero-order chi connectivity index (χ0) is 17.6. The molecule has 24 heavy (non-hydrogen) atoms. The Morgan fingerprint density at radius 1 is 1.21 bits per heavy atom. The first-order valence-corrected chi connectivity index (χ1v) is 7.63. The van der Waals surface area contributed by atoms with Gasteiger partial charge in [-0.2, -0.15) is 4.99 Å². The lowest BCUT2D eigenvalue weighted by molar-refractivity contribution is -0.138. The molecule has 128 valence electrons. The lowest BCUT2D eigenvalue weighted by Gasteiger charge is -2.09. The monoisotopic (exact) mass is 331 g/mol. The molecular formula is C17H21N3O4. The van der Waals surface area contributed by atoms with Crippen LogP contribution in [0.2, 0.25) is 0 Å². The normalized spacial score (nSPS) is 10.3. The van der Waals surface area contributed by atoms with E-state index in [4.69, 9.17) is 9.47 Å². The van der Waals surface area contributed by atoms with Gasteiger partial charge < -0.3 is 9.47 Å². The van der Waals surface area contributed by atoms with E-state index in [0.29, 0.717) is 6.54 Å². The molecule has 1 aromatic rings. The second-order valence-electron chi connectivity index (χ2n) is 4.56. The van der Waals surface area contributed by atoms with Crippen LogP contribution in [-0.2, 0) is 20.9 Å². The lowest BCUT2D eigenvalue weighted by atomic mass is 10.2. The van der Waals surface area contributed by atoms with E-state index in [-0.39, 0.29) is 18.9 Å². The van der Waals surface area contributed by atoms with Crippen molar-refractivity contribution in [2.75, 3.05) is 13.2 Å². The minimum Gasteiger partial charge on any atom is -0.461 e. The van der Waals surface area contributed by atoms with Gasteiger partial charge >= 0.3 is 12.1 Å². The highest BCUT2D eigenvalue weighted by molar-refractivity contribution is 5.92. The molecule has 0 aliphatic rings. The molecule has 0 saturated carbocycles. The van der Waals surface area contributed by atoms with Crippen molar-refractivity contribution in [2.24, 2.45) is 9.98 Å². The van der Waals surface area contributed by atoms with Crippen molar-refractivity contribution in [3.05, 3.63) is 47.8 Å². The van der Waals surface area contributed by atoms with Gasteiger partial charge in [0.15, 0.2) is 0 Å². The predicted octanol–water partition coefficient (Wildman–Crippen LogP) is 2.90. The first-order valence-electron chi connectivity index (χ1n) is 7.63. The summed E-state index contributed by atoms with van der Waals surface area (Å²) in [6.07, 6.45) is 1.21. The summed E-state index contributed by atoms with van der Waals surface area (Å²) in [4.78, 5) is 31.2. The zero-order valence-electron chi connectivity index (χ0n) is 13.8. The van der Waals surface area contributed by atoms with Gasteiger partial charge in [-0.15, -0.1) is 0 Å². The molecule has 0 fully saturated rings. The number of carbonyl (C=O) groups excluding carboxylic acids is 2. The van der Waals surface area contributed by atoms with Crippen LogP contribution in [-0.4, -0.2) is 31.2 Å². The molecular weight excluding hydrogens is 310 g/mol. The number of rotatable bonds is 8. The maximum atomic E-state index is 11.8. The first-order chi connectivity index (χ1) is 11.7. The largest absolute Gasteiger partial charge is 0.461 e. The van der Waals surface area contributed by atoms with Gasteiger partial charge in [-0.1, -0.05) is 37.3 Å². The van der Waals surface area contributed by atoms with E-state index in [1.165, 1.54) is 0 Å². The molecule has 0 unspecified atom stereocenters. The standard InChI is InChI=1S/C17H21N3O4/c1-3-10-18-13-19-11-15(16(21)23-4-2)20-17(22)24-12-14-8-6-5-7-9-14/h5-9,11H,3-4,10,12H2,1-2H3,(H,20,22)/b15-11-. The average Bonchev–Trinajstić information content (AvgIpc) is 2.60. The summed E-state index contributed by atoms with van der Waals surface area (Å²) >= 11 is 0. The molecule has 1 rings (SSSR count). The Morgan fingerprint density at radius 3 is 2.62 bits per heavy atom. The van der Waals surface area contributed by atoms with E-state index >= 15 is 0 Å². The number of esters is 1. The molecule has 0 radical (unpaired) electrons. The summed E-state index contributed by atoms with van der Waals surface area (Å²) in [5.74, 6) is -0.713. The SMILES string of the molecule is CCCN=C=N/C=C(\NC(=O)OCc1ccccc1)C(=O)OCC. The van der Waals surface area contributed by atoms with Crippen LogP contribution in [0.3, 0.4) is 0 Å². The molecule has 1 N–H and O–H groups in total. The molecule has 0 heterocycles. The molecule has 0 saturated heterocycles. The quantitative estimate of drug-likeness (QED) is 0.450. The number of alkyl carbamates (subject to hydrolysis) is 1. The van der Waals surface area contributed by atoms with Crippen LogP contribution >= 0.6 is 0 Å². The Labute approximate surface area is 141 Å². The summed E-state index contributed by atoms with van der Waals surface area (Å²) in [7, 11) is 0. The van der Waals surface area contributed by atoms with E-state index < -0.39 is 12.1 Å². The molecule has 1 aromatic carbocycles. The van der Waals surface area contributed by atoms with E-state index in [0.717, 1.165) is 18.2 Å². The minimum atomic E-state index is -0.779. The van der Waals surface area contributed by atoms with Crippen molar-refractivity contribution in [1.82, 2.24) is 5.32 Å². The summed E-state index contributed by atoms with van der Waals surface area (Å²) < 4.78 is 9.90. The summed E-state index contributed by atoms with van der Waals surface area (Å²) in [5, 5.41) is 2.31. The van der Waals surface area contributed by atoms with Gasteiger partial charge in [0.25, 0.3) is 0 Å². The second kappa shape index (κ2) is 11.6. The van der Waals surface area contributed by atoms with Crippen molar-refractivity contribution < 1.29 is 19.1 Å². The summed E-state index contributed by atoms with van der Waals surface area (Å²) in [6, 6.07) is 11.6. The van der Waals surface area contributed by atoms with Gasteiger partial charge in [0.2, 0.25) is 0 Å². The van der Waals surface area contributed by atoms with Crippen molar-refractivity contribution in [3.8, 4) is 0 Å². The smallest absolute Gasteiger partial charge is 0.412 e. The Balaban J connectivity index is 2.65. The van der Waals surface area contributed by atoms with Crippen LogP contribution in [0.1, 0.15) is 25.8 Å². The van der Waals surface area contributed by atoms with Gasteiger partial charge in [0.1, 0.15) is 12.3 Å². The van der Waals surface area contributed by atoms with Crippen LogP contribution in [0.25, 0.3) is 0 Å². The molecule has 0 aliphatic carbocycles. The third kappa shape index (κ3) is 7.91. The number of amides is 1. The number of carbonyl (C=O) groups is 2. The molecule has 1 amide bonds. The zero-order valence-corrected chi connectivity index (χ0v) is 13.8. The minimum absolute atomic E-state index is 0.0873. The number of hydrogen-bond acceptors (Lipinski definition) is 6. The molecule has 0 aromatic heterocycles. The Morgan fingerprint density at radius 2 is 1.96 bits per heavy atom.